The molecule has 8 heteroatoms. The average molecular weight is 483 g/mol. The number of carbonyl (C=O) groups excluding carboxylic acids is 2. The van der Waals surface area contributed by atoms with Crippen LogP contribution in [0, 0.1) is 5.82 Å². The molecule has 2 aromatic carbocycles. The lowest BCUT2D eigenvalue weighted by Gasteiger charge is -2.29. The number of nitrogens with zero attached hydrogens (tertiary/aromatic N) is 2. The zero-order valence-electron chi connectivity index (χ0n) is 19.9. The molecule has 1 N–H and O–H groups in total. The standard InChI is InChI=1S/C27H31FN2O5/c1-2-15-35-22-6-3-5-20(18-22)24-23(25(31)19-7-9-21(28)10-8-19)26(32)27(33)30(24)12-4-11-29-13-16-34-17-14-29/h3,5-10,18,24,31H,2,4,11-17H2,1H3/b25-23+. The van der Waals surface area contributed by atoms with E-state index in [1.165, 1.54) is 29.2 Å². The monoisotopic (exact) mass is 482 g/mol. The molecular weight excluding hydrogens is 451 g/mol. The minimum Gasteiger partial charge on any atom is -0.507 e. The lowest BCUT2D eigenvalue weighted by molar-refractivity contribution is -0.140. The highest BCUT2D eigenvalue weighted by Crippen LogP contribution is 2.40. The van der Waals surface area contributed by atoms with Gasteiger partial charge >= 0.3 is 0 Å². The average Bonchev–Trinajstić information content (AvgIpc) is 3.13. The predicted molar refractivity (Wildman–Crippen MR) is 130 cm³/mol. The minimum atomic E-state index is -0.769. The van der Waals surface area contributed by atoms with Crippen LogP contribution in [0.15, 0.2) is 54.1 Å². The third-order valence-corrected chi connectivity index (χ3v) is 6.28. The van der Waals surface area contributed by atoms with Gasteiger partial charge in [0.15, 0.2) is 0 Å². The molecule has 2 saturated heterocycles. The number of rotatable bonds is 9. The Balaban J connectivity index is 1.67. The lowest BCUT2D eigenvalue weighted by Crippen LogP contribution is -2.38. The van der Waals surface area contributed by atoms with Gasteiger partial charge in [0.05, 0.1) is 31.4 Å². The molecule has 2 aliphatic heterocycles. The molecular formula is C27H31FN2O5. The van der Waals surface area contributed by atoms with Crippen LogP contribution in [0.2, 0.25) is 0 Å². The van der Waals surface area contributed by atoms with Crippen LogP contribution in [0.3, 0.4) is 0 Å². The van der Waals surface area contributed by atoms with Crippen molar-refractivity contribution < 1.29 is 28.6 Å². The first-order valence-electron chi connectivity index (χ1n) is 12.1. The number of aliphatic hydroxyl groups excluding tert-OH is 1. The van der Waals surface area contributed by atoms with Crippen molar-refractivity contribution in [1.82, 2.24) is 9.80 Å². The van der Waals surface area contributed by atoms with Crippen LogP contribution in [-0.2, 0) is 14.3 Å². The van der Waals surface area contributed by atoms with E-state index in [0.717, 1.165) is 26.1 Å². The second-order valence-corrected chi connectivity index (χ2v) is 8.73. The molecule has 0 radical (unpaired) electrons. The number of likely N-dealkylation sites (tertiary alicyclic amines) is 1. The van der Waals surface area contributed by atoms with Crippen LogP contribution in [0.5, 0.6) is 5.75 Å². The van der Waals surface area contributed by atoms with Crippen LogP contribution in [-0.4, -0.2) is 72.6 Å². The fourth-order valence-electron chi connectivity index (χ4n) is 4.50. The molecule has 0 bridgehead atoms. The maximum absolute atomic E-state index is 13.5. The molecule has 0 aliphatic carbocycles. The number of halogens is 1. The number of ketones is 1. The molecule has 2 heterocycles. The highest BCUT2D eigenvalue weighted by atomic mass is 19.1. The van der Waals surface area contributed by atoms with Crippen LogP contribution in [0.4, 0.5) is 4.39 Å². The predicted octanol–water partition coefficient (Wildman–Crippen LogP) is 3.76. The van der Waals surface area contributed by atoms with Gasteiger partial charge in [0.25, 0.3) is 11.7 Å². The summed E-state index contributed by atoms with van der Waals surface area (Å²) >= 11 is 0. The Morgan fingerprint density at radius 1 is 1.11 bits per heavy atom. The van der Waals surface area contributed by atoms with Crippen LogP contribution in [0.1, 0.15) is 36.9 Å². The summed E-state index contributed by atoms with van der Waals surface area (Å²) in [6.07, 6.45) is 1.51. The highest BCUT2D eigenvalue weighted by molar-refractivity contribution is 6.46. The van der Waals surface area contributed by atoms with Gasteiger partial charge in [-0.15, -0.1) is 0 Å². The number of hydrogen-bond donors (Lipinski definition) is 1. The van der Waals surface area contributed by atoms with Gasteiger partial charge in [-0.1, -0.05) is 19.1 Å². The van der Waals surface area contributed by atoms with Gasteiger partial charge in [0, 0.05) is 31.7 Å². The summed E-state index contributed by atoms with van der Waals surface area (Å²) in [5.74, 6) is -1.54. The third-order valence-electron chi connectivity index (χ3n) is 6.28. The lowest BCUT2D eigenvalue weighted by atomic mass is 9.95. The molecule has 1 amide bonds. The van der Waals surface area contributed by atoms with Crippen molar-refractivity contribution in [3.05, 3.63) is 71.0 Å². The van der Waals surface area contributed by atoms with E-state index in [4.69, 9.17) is 9.47 Å². The molecule has 1 unspecified atom stereocenters. The van der Waals surface area contributed by atoms with E-state index in [1.54, 1.807) is 6.07 Å². The van der Waals surface area contributed by atoms with Crippen LogP contribution in [0.25, 0.3) is 5.76 Å². The molecule has 35 heavy (non-hydrogen) atoms. The van der Waals surface area contributed by atoms with Crippen LogP contribution < -0.4 is 4.74 Å². The Bertz CT molecular complexity index is 1080. The number of benzene rings is 2. The molecule has 0 aromatic heterocycles. The zero-order valence-corrected chi connectivity index (χ0v) is 19.9. The smallest absolute Gasteiger partial charge is 0.295 e. The fourth-order valence-corrected chi connectivity index (χ4v) is 4.50. The minimum absolute atomic E-state index is 0.000576. The van der Waals surface area contributed by atoms with Gasteiger partial charge in [-0.25, -0.2) is 4.39 Å². The van der Waals surface area contributed by atoms with E-state index in [-0.39, 0.29) is 16.9 Å². The molecule has 4 rings (SSSR count). The summed E-state index contributed by atoms with van der Waals surface area (Å²) in [6.45, 7) is 6.73. The van der Waals surface area contributed by atoms with E-state index in [0.29, 0.717) is 44.1 Å². The van der Waals surface area contributed by atoms with Gasteiger partial charge < -0.3 is 19.5 Å². The summed E-state index contributed by atoms with van der Waals surface area (Å²) < 4.78 is 24.6. The van der Waals surface area contributed by atoms with Crippen molar-refractivity contribution in [1.29, 1.82) is 0 Å². The summed E-state index contributed by atoms with van der Waals surface area (Å²) in [4.78, 5) is 30.1. The van der Waals surface area contributed by atoms with E-state index < -0.39 is 23.5 Å². The quantitative estimate of drug-likeness (QED) is 0.333. The van der Waals surface area contributed by atoms with Crippen molar-refractivity contribution in [2.24, 2.45) is 0 Å². The summed E-state index contributed by atoms with van der Waals surface area (Å²) in [6, 6.07) is 11.7. The number of morpholine rings is 1. The number of ether oxygens (including phenoxy) is 2. The Morgan fingerprint density at radius 3 is 2.57 bits per heavy atom. The molecule has 2 aromatic rings. The molecule has 7 nitrogen and oxygen atoms in total. The Hall–Kier alpha value is -3.23. The van der Waals surface area contributed by atoms with Gasteiger partial charge in [-0.3, -0.25) is 14.5 Å². The summed E-state index contributed by atoms with van der Waals surface area (Å²) in [5.41, 5.74) is 0.953. The fraction of sp³-hybridized carbons (Fsp3) is 0.407. The second kappa shape index (κ2) is 11.5. The first-order valence-corrected chi connectivity index (χ1v) is 12.1. The van der Waals surface area contributed by atoms with E-state index >= 15 is 0 Å². The van der Waals surface area contributed by atoms with Gasteiger partial charge in [0.1, 0.15) is 17.3 Å². The third kappa shape index (κ3) is 5.71. The molecule has 0 saturated carbocycles. The molecule has 2 fully saturated rings. The van der Waals surface area contributed by atoms with Gasteiger partial charge in [0.2, 0.25) is 0 Å². The van der Waals surface area contributed by atoms with Crippen LogP contribution >= 0.6 is 0 Å². The maximum Gasteiger partial charge on any atom is 0.295 e. The van der Waals surface area contributed by atoms with E-state index in [2.05, 4.69) is 4.90 Å². The maximum atomic E-state index is 13.5. The number of hydrogen-bond acceptors (Lipinski definition) is 6. The van der Waals surface area contributed by atoms with E-state index in [9.17, 15) is 19.1 Å². The SMILES string of the molecule is CCCOc1cccc(C2/C(=C(\O)c3ccc(F)cc3)C(=O)C(=O)N2CCCN2CCOCC2)c1. The molecule has 186 valence electrons. The first-order chi connectivity index (χ1) is 17.0. The number of aliphatic hydroxyl groups is 1. The normalized spacial score (nSPS) is 20.4. The topological polar surface area (TPSA) is 79.3 Å². The summed E-state index contributed by atoms with van der Waals surface area (Å²) in [7, 11) is 0. The second-order valence-electron chi connectivity index (χ2n) is 8.73. The largest absolute Gasteiger partial charge is 0.507 e. The van der Waals surface area contributed by atoms with Crippen molar-refractivity contribution >= 4 is 17.4 Å². The number of carbonyl (C=O) groups is 2. The Morgan fingerprint density at radius 2 is 1.86 bits per heavy atom. The van der Waals surface area contributed by atoms with E-state index in [1.807, 2.05) is 25.1 Å². The molecule has 1 atom stereocenters. The Kier molecular flexibility index (Phi) is 8.15. The van der Waals surface area contributed by atoms with Gasteiger partial charge in [-0.2, -0.15) is 0 Å². The van der Waals surface area contributed by atoms with Crippen molar-refractivity contribution in [3.8, 4) is 5.75 Å². The van der Waals surface area contributed by atoms with Crippen molar-refractivity contribution in [3.63, 3.8) is 0 Å². The Labute approximate surface area is 204 Å². The molecule has 2 aliphatic rings. The molecule has 0 spiro atoms. The van der Waals surface area contributed by atoms with Gasteiger partial charge in [-0.05, 0) is 54.8 Å². The first kappa shape index (κ1) is 24.9. The van der Waals surface area contributed by atoms with Crippen molar-refractivity contribution in [2.75, 3.05) is 46.0 Å². The van der Waals surface area contributed by atoms with Crippen molar-refractivity contribution in [2.45, 2.75) is 25.8 Å². The number of Topliss-reactive ketones (excluding diaryl/α,β-unsaturated/α-hetero) is 1. The zero-order chi connectivity index (χ0) is 24.8. The highest BCUT2D eigenvalue weighted by Gasteiger charge is 2.46. The number of amides is 1. The summed E-state index contributed by atoms with van der Waals surface area (Å²) in [5, 5.41) is 11.1.